The Hall–Kier alpha value is -0.470. The van der Waals surface area contributed by atoms with Crippen LogP contribution in [0.25, 0.3) is 0 Å². The molecule has 1 N–H and O–H groups in total. The molecule has 16 heavy (non-hydrogen) atoms. The zero-order valence-electron chi connectivity index (χ0n) is 9.78. The van der Waals surface area contributed by atoms with Crippen molar-refractivity contribution in [2.75, 3.05) is 12.3 Å². The smallest absolute Gasteiger partial charge is 0.0426 e. The molecule has 3 rings (SSSR count). The minimum atomic E-state index is 0.586. The van der Waals surface area contributed by atoms with Crippen molar-refractivity contribution in [2.24, 2.45) is 11.8 Å². The van der Waals surface area contributed by atoms with Crippen LogP contribution in [0.1, 0.15) is 31.4 Å². The molecule has 1 aromatic carbocycles. The summed E-state index contributed by atoms with van der Waals surface area (Å²) in [6.45, 7) is 3.57. The van der Waals surface area contributed by atoms with Gasteiger partial charge < -0.3 is 5.32 Å². The number of nitrogens with one attached hydrogen (secondary N) is 1. The molecule has 0 amide bonds. The third kappa shape index (κ3) is 2.14. The highest BCUT2D eigenvalue weighted by Gasteiger charge is 2.29. The first-order chi connectivity index (χ1) is 7.84. The molecular weight excluding hydrogens is 214 g/mol. The molecule has 1 aromatic rings. The Bertz CT molecular complexity index is 373. The summed E-state index contributed by atoms with van der Waals surface area (Å²) in [6, 6.07) is 9.40. The first kappa shape index (κ1) is 10.7. The van der Waals surface area contributed by atoms with Crippen LogP contribution in [0.15, 0.2) is 29.2 Å². The molecule has 86 valence electrons. The highest BCUT2D eigenvalue weighted by Crippen LogP contribution is 2.39. The molecule has 2 atom stereocenters. The monoisotopic (exact) mass is 233 g/mol. The van der Waals surface area contributed by atoms with Gasteiger partial charge in [0.05, 0.1) is 0 Å². The lowest BCUT2D eigenvalue weighted by Gasteiger charge is -2.17. The number of fused-ring (bicyclic) bond motifs is 1. The molecule has 2 aliphatic rings. The number of hydrogen-bond donors (Lipinski definition) is 1. The lowest BCUT2D eigenvalue weighted by molar-refractivity contribution is 0.435. The van der Waals surface area contributed by atoms with E-state index in [4.69, 9.17) is 0 Å². The minimum absolute atomic E-state index is 0.586. The second-order valence-corrected chi connectivity index (χ2v) is 6.19. The van der Waals surface area contributed by atoms with E-state index in [0.29, 0.717) is 6.04 Å². The van der Waals surface area contributed by atoms with Crippen molar-refractivity contribution >= 4 is 11.8 Å². The van der Waals surface area contributed by atoms with Crippen molar-refractivity contribution in [3.05, 3.63) is 29.8 Å². The summed E-state index contributed by atoms with van der Waals surface area (Å²) in [6.07, 6.45) is 2.91. The van der Waals surface area contributed by atoms with Crippen molar-refractivity contribution in [1.29, 1.82) is 0 Å². The standard InChI is InChI=1S/C14H19NS/c1-10(11-6-7-11)8-15-13-9-16-14-5-3-2-4-12(13)14/h2-5,10-11,13,15H,6-9H2,1H3. The van der Waals surface area contributed by atoms with Crippen LogP contribution in [0.5, 0.6) is 0 Å². The average molecular weight is 233 g/mol. The Kier molecular flexibility index (Phi) is 2.95. The van der Waals surface area contributed by atoms with Gasteiger partial charge in [0.15, 0.2) is 0 Å². The van der Waals surface area contributed by atoms with Crippen LogP contribution in [0.4, 0.5) is 0 Å². The molecule has 1 fully saturated rings. The predicted molar refractivity (Wildman–Crippen MR) is 69.8 cm³/mol. The first-order valence-corrected chi connectivity index (χ1v) is 7.28. The van der Waals surface area contributed by atoms with E-state index < -0.39 is 0 Å². The lowest BCUT2D eigenvalue weighted by atomic mass is 10.0. The van der Waals surface area contributed by atoms with E-state index in [-0.39, 0.29) is 0 Å². The molecule has 1 aliphatic carbocycles. The van der Waals surface area contributed by atoms with Crippen molar-refractivity contribution in [1.82, 2.24) is 5.32 Å². The Balaban J connectivity index is 1.60. The van der Waals surface area contributed by atoms with Crippen LogP contribution in [-0.4, -0.2) is 12.3 Å². The second-order valence-electron chi connectivity index (χ2n) is 5.12. The summed E-state index contributed by atoms with van der Waals surface area (Å²) in [5, 5.41) is 3.74. The summed E-state index contributed by atoms with van der Waals surface area (Å²) in [5.74, 6) is 3.08. The van der Waals surface area contributed by atoms with E-state index in [1.165, 1.54) is 35.6 Å². The maximum atomic E-state index is 3.74. The molecule has 0 spiro atoms. The number of hydrogen-bond acceptors (Lipinski definition) is 2. The molecule has 2 unspecified atom stereocenters. The third-order valence-electron chi connectivity index (χ3n) is 3.81. The fourth-order valence-electron chi connectivity index (χ4n) is 2.49. The normalized spacial score (nSPS) is 25.4. The van der Waals surface area contributed by atoms with Gasteiger partial charge in [0, 0.05) is 16.7 Å². The minimum Gasteiger partial charge on any atom is -0.309 e. The van der Waals surface area contributed by atoms with Gasteiger partial charge in [0.25, 0.3) is 0 Å². The highest BCUT2D eigenvalue weighted by molar-refractivity contribution is 7.99. The van der Waals surface area contributed by atoms with E-state index in [2.05, 4.69) is 36.5 Å². The van der Waals surface area contributed by atoms with E-state index in [1.54, 1.807) is 0 Å². The highest BCUT2D eigenvalue weighted by atomic mass is 32.2. The van der Waals surface area contributed by atoms with Gasteiger partial charge >= 0.3 is 0 Å². The van der Waals surface area contributed by atoms with Crippen LogP contribution in [0.2, 0.25) is 0 Å². The summed E-state index contributed by atoms with van der Waals surface area (Å²) in [4.78, 5) is 1.47. The molecule has 0 aromatic heterocycles. The van der Waals surface area contributed by atoms with Crippen LogP contribution in [0.3, 0.4) is 0 Å². The third-order valence-corrected chi connectivity index (χ3v) is 5.00. The van der Waals surface area contributed by atoms with Gasteiger partial charge in [-0.1, -0.05) is 25.1 Å². The molecule has 0 bridgehead atoms. The molecule has 1 aliphatic heterocycles. The summed E-state index contributed by atoms with van der Waals surface area (Å²) < 4.78 is 0. The van der Waals surface area contributed by atoms with Gasteiger partial charge in [-0.2, -0.15) is 0 Å². The maximum absolute atomic E-state index is 3.74. The number of thioether (sulfide) groups is 1. The zero-order valence-corrected chi connectivity index (χ0v) is 10.6. The fourth-order valence-corrected chi connectivity index (χ4v) is 3.69. The molecule has 2 heteroatoms. The van der Waals surface area contributed by atoms with E-state index in [9.17, 15) is 0 Å². The fraction of sp³-hybridized carbons (Fsp3) is 0.571. The van der Waals surface area contributed by atoms with Crippen molar-refractivity contribution in [3.63, 3.8) is 0 Å². The molecule has 1 nitrogen and oxygen atoms in total. The Labute approximate surface area is 102 Å². The largest absolute Gasteiger partial charge is 0.309 e. The average Bonchev–Trinajstić information content (AvgIpc) is 3.08. The van der Waals surface area contributed by atoms with Crippen LogP contribution >= 0.6 is 11.8 Å². The molecule has 1 saturated carbocycles. The van der Waals surface area contributed by atoms with Crippen molar-refractivity contribution < 1.29 is 0 Å². The molecule has 0 radical (unpaired) electrons. The van der Waals surface area contributed by atoms with Gasteiger partial charge in [-0.05, 0) is 42.9 Å². The topological polar surface area (TPSA) is 12.0 Å². The van der Waals surface area contributed by atoms with Gasteiger partial charge in [0.1, 0.15) is 0 Å². The quantitative estimate of drug-likeness (QED) is 0.854. The van der Waals surface area contributed by atoms with Gasteiger partial charge in [-0.3, -0.25) is 0 Å². The zero-order chi connectivity index (χ0) is 11.0. The number of benzene rings is 1. The Morgan fingerprint density at radius 3 is 3.00 bits per heavy atom. The van der Waals surface area contributed by atoms with Crippen molar-refractivity contribution in [3.8, 4) is 0 Å². The first-order valence-electron chi connectivity index (χ1n) is 6.29. The van der Waals surface area contributed by atoms with Crippen LogP contribution in [0, 0.1) is 11.8 Å². The molecular formula is C14H19NS. The second kappa shape index (κ2) is 4.42. The maximum Gasteiger partial charge on any atom is 0.0426 e. The van der Waals surface area contributed by atoms with E-state index in [0.717, 1.165) is 11.8 Å². The summed E-state index contributed by atoms with van der Waals surface area (Å²) in [5.41, 5.74) is 1.51. The van der Waals surface area contributed by atoms with Gasteiger partial charge in [-0.15, -0.1) is 11.8 Å². The van der Waals surface area contributed by atoms with Crippen LogP contribution < -0.4 is 5.32 Å². The molecule has 0 saturated heterocycles. The SMILES string of the molecule is CC(CNC1CSc2ccccc21)C1CC1. The molecule has 1 heterocycles. The Morgan fingerprint density at radius 2 is 2.19 bits per heavy atom. The van der Waals surface area contributed by atoms with Crippen LogP contribution in [-0.2, 0) is 0 Å². The number of rotatable bonds is 4. The van der Waals surface area contributed by atoms with Gasteiger partial charge in [-0.25, -0.2) is 0 Å². The van der Waals surface area contributed by atoms with Crippen molar-refractivity contribution in [2.45, 2.75) is 30.7 Å². The summed E-state index contributed by atoms with van der Waals surface area (Å²) >= 11 is 1.99. The van der Waals surface area contributed by atoms with Gasteiger partial charge in [0.2, 0.25) is 0 Å². The predicted octanol–water partition coefficient (Wildman–Crippen LogP) is 3.47. The van der Waals surface area contributed by atoms with E-state index >= 15 is 0 Å². The summed E-state index contributed by atoms with van der Waals surface area (Å²) in [7, 11) is 0. The lowest BCUT2D eigenvalue weighted by Crippen LogP contribution is -2.27. The van der Waals surface area contributed by atoms with E-state index in [1.807, 2.05) is 11.8 Å². The Morgan fingerprint density at radius 1 is 1.38 bits per heavy atom.